The van der Waals surface area contributed by atoms with Gasteiger partial charge in [-0.3, -0.25) is 4.79 Å². The van der Waals surface area contributed by atoms with Crippen molar-refractivity contribution >= 4 is 5.91 Å². The van der Waals surface area contributed by atoms with Crippen molar-refractivity contribution in [2.24, 2.45) is 0 Å². The Morgan fingerprint density at radius 1 is 1.35 bits per heavy atom. The number of likely N-dealkylation sites (N-methyl/N-ethyl adjacent to an activating group) is 1. The molecule has 0 saturated heterocycles. The maximum atomic E-state index is 12.1. The van der Waals surface area contributed by atoms with Crippen LogP contribution >= 0.6 is 0 Å². The number of carbonyl (C=O) groups is 1. The zero-order valence-corrected chi connectivity index (χ0v) is 11.7. The van der Waals surface area contributed by atoms with E-state index in [0.29, 0.717) is 18.8 Å². The molecule has 0 aliphatic heterocycles. The largest absolute Gasteiger partial charge is 0.484 e. The first-order valence-corrected chi connectivity index (χ1v) is 6.51. The summed E-state index contributed by atoms with van der Waals surface area (Å²) >= 11 is 0. The van der Waals surface area contributed by atoms with Gasteiger partial charge in [0.15, 0.2) is 6.61 Å². The van der Waals surface area contributed by atoms with Gasteiger partial charge < -0.3 is 9.64 Å². The smallest absolute Gasteiger partial charge is 0.260 e. The lowest BCUT2D eigenvalue weighted by Gasteiger charge is -2.19. The lowest BCUT2D eigenvalue weighted by molar-refractivity contribution is -0.133. The fraction of sp³-hybridized carbons (Fsp3) is 0.357. The van der Waals surface area contributed by atoms with Crippen LogP contribution in [-0.4, -0.2) is 39.4 Å². The highest BCUT2D eigenvalue weighted by Crippen LogP contribution is 2.11. The molecule has 0 atom stereocenters. The maximum absolute atomic E-state index is 12.1. The normalized spacial score (nSPS) is 10.3. The molecule has 1 N–H and O–H groups in total. The molecule has 0 radical (unpaired) electrons. The Hall–Kier alpha value is -2.37. The van der Waals surface area contributed by atoms with Crippen LogP contribution in [0.4, 0.5) is 0 Å². The minimum atomic E-state index is -0.0731. The van der Waals surface area contributed by atoms with Gasteiger partial charge in [0.2, 0.25) is 0 Å². The standard InChI is InChI=1S/C14H18N4O2/c1-3-18(9-12-8-15-17-16-12)14(19)10-20-13-6-4-11(2)5-7-13/h4-8H,3,9-10H2,1-2H3,(H,15,16,17). The fourth-order valence-corrected chi connectivity index (χ4v) is 1.74. The first-order chi connectivity index (χ1) is 9.69. The lowest BCUT2D eigenvalue weighted by atomic mass is 10.2. The molecule has 1 amide bonds. The SMILES string of the molecule is CCN(Cc1cn[nH]n1)C(=O)COc1ccc(C)cc1. The first-order valence-electron chi connectivity index (χ1n) is 6.51. The van der Waals surface area contributed by atoms with Crippen LogP contribution in [0.3, 0.4) is 0 Å². The van der Waals surface area contributed by atoms with Gasteiger partial charge in [0.05, 0.1) is 12.7 Å². The molecule has 0 aliphatic rings. The quantitative estimate of drug-likeness (QED) is 0.867. The second-order valence-electron chi connectivity index (χ2n) is 4.47. The summed E-state index contributed by atoms with van der Waals surface area (Å²) in [5.74, 6) is 0.623. The zero-order chi connectivity index (χ0) is 14.4. The van der Waals surface area contributed by atoms with Crippen molar-refractivity contribution in [2.75, 3.05) is 13.2 Å². The second kappa shape index (κ2) is 6.70. The van der Waals surface area contributed by atoms with E-state index in [4.69, 9.17) is 4.74 Å². The topological polar surface area (TPSA) is 71.1 Å². The summed E-state index contributed by atoms with van der Waals surface area (Å²) in [6, 6.07) is 7.62. The summed E-state index contributed by atoms with van der Waals surface area (Å²) in [5.41, 5.74) is 1.89. The number of H-pyrrole nitrogens is 1. The Morgan fingerprint density at radius 3 is 2.70 bits per heavy atom. The van der Waals surface area contributed by atoms with Crippen LogP contribution in [0.2, 0.25) is 0 Å². The Bertz CT molecular complexity index is 537. The second-order valence-corrected chi connectivity index (χ2v) is 4.47. The number of aryl methyl sites for hydroxylation is 1. The van der Waals surface area contributed by atoms with Crippen molar-refractivity contribution in [3.05, 3.63) is 41.7 Å². The van der Waals surface area contributed by atoms with Gasteiger partial charge in [0.1, 0.15) is 11.4 Å². The third-order valence-electron chi connectivity index (χ3n) is 2.94. The molecule has 0 aliphatic carbocycles. The highest BCUT2D eigenvalue weighted by molar-refractivity contribution is 5.77. The number of hydrogen-bond acceptors (Lipinski definition) is 4. The van der Waals surface area contributed by atoms with Crippen LogP contribution in [-0.2, 0) is 11.3 Å². The average molecular weight is 274 g/mol. The summed E-state index contributed by atoms with van der Waals surface area (Å²) in [6.07, 6.45) is 1.61. The molecular formula is C14H18N4O2. The van der Waals surface area contributed by atoms with E-state index in [1.54, 1.807) is 11.1 Å². The van der Waals surface area contributed by atoms with E-state index >= 15 is 0 Å². The predicted octanol–water partition coefficient (Wildman–Crippen LogP) is 1.54. The van der Waals surface area contributed by atoms with Crippen LogP contribution in [0.5, 0.6) is 5.75 Å². The van der Waals surface area contributed by atoms with Crippen molar-refractivity contribution in [2.45, 2.75) is 20.4 Å². The van der Waals surface area contributed by atoms with Gasteiger partial charge >= 0.3 is 0 Å². The summed E-state index contributed by atoms with van der Waals surface area (Å²) in [5, 5.41) is 10.2. The molecule has 20 heavy (non-hydrogen) atoms. The summed E-state index contributed by atoms with van der Waals surface area (Å²) in [7, 11) is 0. The first kappa shape index (κ1) is 14.0. The molecule has 0 unspecified atom stereocenters. The number of carbonyl (C=O) groups excluding carboxylic acids is 1. The van der Waals surface area contributed by atoms with Gasteiger partial charge in [-0.1, -0.05) is 17.7 Å². The van der Waals surface area contributed by atoms with E-state index in [0.717, 1.165) is 11.3 Å². The number of aromatic nitrogens is 3. The maximum Gasteiger partial charge on any atom is 0.260 e. The summed E-state index contributed by atoms with van der Waals surface area (Å²) in [6.45, 7) is 4.98. The number of hydrogen-bond donors (Lipinski definition) is 1. The zero-order valence-electron chi connectivity index (χ0n) is 11.7. The number of ether oxygens (including phenoxy) is 1. The molecule has 0 spiro atoms. The summed E-state index contributed by atoms with van der Waals surface area (Å²) < 4.78 is 5.49. The number of benzene rings is 1. The van der Waals surface area contributed by atoms with E-state index < -0.39 is 0 Å². The molecule has 6 nitrogen and oxygen atoms in total. The van der Waals surface area contributed by atoms with Crippen LogP contribution in [0.25, 0.3) is 0 Å². The van der Waals surface area contributed by atoms with Crippen molar-refractivity contribution in [1.82, 2.24) is 20.3 Å². The van der Waals surface area contributed by atoms with Crippen LogP contribution < -0.4 is 4.74 Å². The van der Waals surface area contributed by atoms with Gasteiger partial charge in [-0.25, -0.2) is 0 Å². The van der Waals surface area contributed by atoms with E-state index in [9.17, 15) is 4.79 Å². The molecule has 2 aromatic rings. The molecule has 1 heterocycles. The average Bonchev–Trinajstić information content (AvgIpc) is 2.97. The fourth-order valence-electron chi connectivity index (χ4n) is 1.74. The third-order valence-corrected chi connectivity index (χ3v) is 2.94. The van der Waals surface area contributed by atoms with E-state index in [2.05, 4.69) is 15.4 Å². The number of amides is 1. The van der Waals surface area contributed by atoms with Gasteiger partial charge in [-0.15, -0.1) is 0 Å². The molecular weight excluding hydrogens is 256 g/mol. The number of nitrogens with one attached hydrogen (secondary N) is 1. The lowest BCUT2D eigenvalue weighted by Crippen LogP contribution is -2.34. The Labute approximate surface area is 117 Å². The highest BCUT2D eigenvalue weighted by Gasteiger charge is 2.14. The monoisotopic (exact) mass is 274 g/mol. The molecule has 0 saturated carbocycles. The van der Waals surface area contributed by atoms with E-state index in [-0.39, 0.29) is 12.5 Å². The molecule has 1 aromatic heterocycles. The van der Waals surface area contributed by atoms with Crippen molar-refractivity contribution < 1.29 is 9.53 Å². The molecule has 1 aromatic carbocycles. The minimum Gasteiger partial charge on any atom is -0.484 e. The van der Waals surface area contributed by atoms with Gasteiger partial charge in [-0.2, -0.15) is 15.4 Å². The highest BCUT2D eigenvalue weighted by atomic mass is 16.5. The Balaban J connectivity index is 1.87. The predicted molar refractivity (Wildman–Crippen MR) is 74.1 cm³/mol. The minimum absolute atomic E-state index is 0.0226. The van der Waals surface area contributed by atoms with Crippen LogP contribution in [0.1, 0.15) is 18.2 Å². The summed E-state index contributed by atoms with van der Waals surface area (Å²) in [4.78, 5) is 13.8. The van der Waals surface area contributed by atoms with Gasteiger partial charge in [0, 0.05) is 6.54 Å². The molecule has 0 bridgehead atoms. The van der Waals surface area contributed by atoms with E-state index in [1.807, 2.05) is 38.1 Å². The molecule has 106 valence electrons. The number of nitrogens with zero attached hydrogens (tertiary/aromatic N) is 3. The van der Waals surface area contributed by atoms with Crippen molar-refractivity contribution in [1.29, 1.82) is 0 Å². The van der Waals surface area contributed by atoms with E-state index in [1.165, 1.54) is 0 Å². The number of rotatable bonds is 6. The van der Waals surface area contributed by atoms with Crippen molar-refractivity contribution in [3.63, 3.8) is 0 Å². The van der Waals surface area contributed by atoms with Gasteiger partial charge in [-0.05, 0) is 26.0 Å². The molecule has 0 fully saturated rings. The molecule has 6 heteroatoms. The van der Waals surface area contributed by atoms with Gasteiger partial charge in [0.25, 0.3) is 5.91 Å². The number of aromatic amines is 1. The Kier molecular flexibility index (Phi) is 4.70. The van der Waals surface area contributed by atoms with Crippen LogP contribution in [0.15, 0.2) is 30.5 Å². The van der Waals surface area contributed by atoms with Crippen molar-refractivity contribution in [3.8, 4) is 5.75 Å². The third kappa shape index (κ3) is 3.81. The molecule has 2 rings (SSSR count). The van der Waals surface area contributed by atoms with Crippen LogP contribution in [0, 0.1) is 6.92 Å². The Morgan fingerprint density at radius 2 is 2.10 bits per heavy atom.